The van der Waals surface area contributed by atoms with Gasteiger partial charge < -0.3 is 9.64 Å². The molecule has 0 radical (unpaired) electrons. The van der Waals surface area contributed by atoms with Gasteiger partial charge in [0, 0.05) is 11.4 Å². The molecule has 1 atom stereocenters. The maximum Gasteiger partial charge on any atom is 0.316 e. The first-order chi connectivity index (χ1) is 12.5. The quantitative estimate of drug-likeness (QED) is 0.739. The van der Waals surface area contributed by atoms with Crippen molar-refractivity contribution in [2.24, 2.45) is 0 Å². The van der Waals surface area contributed by atoms with E-state index >= 15 is 0 Å². The summed E-state index contributed by atoms with van der Waals surface area (Å²) in [6, 6.07) is 6.36. The average molecular weight is 383 g/mol. The van der Waals surface area contributed by atoms with Gasteiger partial charge in [-0.15, -0.1) is 0 Å². The van der Waals surface area contributed by atoms with Gasteiger partial charge in [-0.1, -0.05) is 23.9 Å². The number of carbonyl (C=O) groups excluding carboxylic acids is 1. The summed E-state index contributed by atoms with van der Waals surface area (Å²) in [6.07, 6.45) is 3.06. The Morgan fingerprint density at radius 1 is 1.27 bits per heavy atom. The third-order valence-electron chi connectivity index (χ3n) is 3.87. The van der Waals surface area contributed by atoms with Crippen molar-refractivity contribution in [3.05, 3.63) is 48.0 Å². The number of alkyl halides is 2. The minimum atomic E-state index is -2.60. The summed E-state index contributed by atoms with van der Waals surface area (Å²) in [6.45, 7) is 0.796. The number of thioether (sulfide) groups is 1. The lowest BCUT2D eigenvalue weighted by Gasteiger charge is -2.32. The topological polar surface area (TPSA) is 55.3 Å². The van der Waals surface area contributed by atoms with Crippen molar-refractivity contribution in [1.82, 2.24) is 14.9 Å². The molecule has 26 heavy (non-hydrogen) atoms. The first-order valence-electron chi connectivity index (χ1n) is 8.00. The fourth-order valence-corrected chi connectivity index (χ4v) is 3.37. The van der Waals surface area contributed by atoms with Crippen molar-refractivity contribution in [2.75, 3.05) is 13.1 Å². The average Bonchev–Trinajstić information content (AvgIpc) is 2.63. The monoisotopic (exact) mass is 383 g/mol. The van der Waals surface area contributed by atoms with Gasteiger partial charge in [0.25, 0.3) is 11.7 Å². The standard InChI is InChI=1S/C17H16F3N3O2S/c18-11-8-21-17(22-9-11)25-12-4-3-7-23(10-12)15(24)13-5-1-2-6-14(13)26-16(19)20/h1-2,5-6,8-9,12,16H,3-4,7,10H2/t12-/m0/s1. The Morgan fingerprint density at radius 2 is 2.00 bits per heavy atom. The molecule has 9 heteroatoms. The van der Waals surface area contributed by atoms with E-state index in [0.29, 0.717) is 31.1 Å². The summed E-state index contributed by atoms with van der Waals surface area (Å²) in [4.78, 5) is 22.1. The highest BCUT2D eigenvalue weighted by molar-refractivity contribution is 7.99. The Morgan fingerprint density at radius 3 is 2.73 bits per heavy atom. The van der Waals surface area contributed by atoms with Gasteiger partial charge >= 0.3 is 6.01 Å². The van der Waals surface area contributed by atoms with Crippen LogP contribution in [0.1, 0.15) is 23.2 Å². The van der Waals surface area contributed by atoms with Crippen LogP contribution in [0.2, 0.25) is 0 Å². The Bertz CT molecular complexity index is 761. The zero-order valence-corrected chi connectivity index (χ0v) is 14.5. The first-order valence-corrected chi connectivity index (χ1v) is 8.88. The van der Waals surface area contributed by atoms with Crippen molar-refractivity contribution >= 4 is 17.7 Å². The zero-order chi connectivity index (χ0) is 18.5. The van der Waals surface area contributed by atoms with Crippen molar-refractivity contribution < 1.29 is 22.7 Å². The third-order valence-corrected chi connectivity index (χ3v) is 4.66. The molecule has 1 aliphatic rings. The van der Waals surface area contributed by atoms with Crippen LogP contribution in [0.4, 0.5) is 13.2 Å². The lowest BCUT2D eigenvalue weighted by molar-refractivity contribution is 0.0512. The summed E-state index contributed by atoms with van der Waals surface area (Å²) in [5.41, 5.74) is 0.247. The predicted molar refractivity (Wildman–Crippen MR) is 89.8 cm³/mol. The van der Waals surface area contributed by atoms with Gasteiger partial charge in [-0.2, -0.15) is 8.78 Å². The van der Waals surface area contributed by atoms with E-state index in [4.69, 9.17) is 4.74 Å². The minimum Gasteiger partial charge on any atom is -0.458 e. The van der Waals surface area contributed by atoms with Crippen LogP contribution in [0.25, 0.3) is 0 Å². The van der Waals surface area contributed by atoms with E-state index < -0.39 is 11.6 Å². The van der Waals surface area contributed by atoms with Crippen molar-refractivity contribution in [1.29, 1.82) is 0 Å². The molecule has 0 N–H and O–H groups in total. The van der Waals surface area contributed by atoms with Crippen LogP contribution in [-0.2, 0) is 0 Å². The SMILES string of the molecule is O=C(c1ccccc1SC(F)F)N1CCC[C@H](Oc2ncc(F)cn2)C1. The smallest absolute Gasteiger partial charge is 0.316 e. The predicted octanol–water partition coefficient (Wildman–Crippen LogP) is 3.61. The van der Waals surface area contributed by atoms with Crippen LogP contribution >= 0.6 is 11.8 Å². The molecule has 2 heterocycles. The highest BCUT2D eigenvalue weighted by Gasteiger charge is 2.28. The maximum absolute atomic E-state index is 12.9. The van der Waals surface area contributed by atoms with Gasteiger partial charge in [-0.3, -0.25) is 4.79 Å². The van der Waals surface area contributed by atoms with Crippen LogP contribution in [0.3, 0.4) is 0 Å². The fourth-order valence-electron chi connectivity index (χ4n) is 2.74. The lowest BCUT2D eigenvalue weighted by atomic mass is 10.1. The van der Waals surface area contributed by atoms with E-state index in [1.807, 2.05) is 0 Å². The van der Waals surface area contributed by atoms with Crippen LogP contribution in [-0.4, -0.2) is 45.7 Å². The Balaban J connectivity index is 1.69. The number of halogens is 3. The van der Waals surface area contributed by atoms with Gasteiger partial charge in [0.2, 0.25) is 0 Å². The summed E-state index contributed by atoms with van der Waals surface area (Å²) in [5, 5.41) is 0. The zero-order valence-electron chi connectivity index (χ0n) is 13.6. The molecule has 1 aliphatic heterocycles. The molecule has 0 unspecified atom stereocenters. The van der Waals surface area contributed by atoms with Crippen molar-refractivity contribution in [2.45, 2.75) is 29.6 Å². The second kappa shape index (κ2) is 8.39. The maximum atomic E-state index is 12.9. The second-order valence-electron chi connectivity index (χ2n) is 5.69. The highest BCUT2D eigenvalue weighted by atomic mass is 32.2. The molecule has 0 aliphatic carbocycles. The summed E-state index contributed by atoms with van der Waals surface area (Å²) < 4.78 is 43.9. The molecule has 1 aromatic heterocycles. The van der Waals surface area contributed by atoms with E-state index in [-0.39, 0.29) is 35.0 Å². The molecular weight excluding hydrogens is 367 g/mol. The van der Waals surface area contributed by atoms with E-state index in [1.54, 1.807) is 23.1 Å². The lowest BCUT2D eigenvalue weighted by Crippen LogP contribution is -2.44. The number of aromatic nitrogens is 2. The summed E-state index contributed by atoms with van der Waals surface area (Å²) in [5.74, 6) is -3.48. The number of piperidine rings is 1. The van der Waals surface area contributed by atoms with Gasteiger partial charge in [0.1, 0.15) is 6.10 Å². The molecular formula is C17H16F3N3O2S. The number of carbonyl (C=O) groups is 1. The second-order valence-corrected chi connectivity index (χ2v) is 6.72. The van der Waals surface area contributed by atoms with Crippen molar-refractivity contribution in [3.8, 4) is 6.01 Å². The van der Waals surface area contributed by atoms with E-state index in [9.17, 15) is 18.0 Å². The first kappa shape index (κ1) is 18.5. The van der Waals surface area contributed by atoms with Gasteiger partial charge in [-0.25, -0.2) is 14.4 Å². The molecule has 0 saturated carbocycles. The van der Waals surface area contributed by atoms with Gasteiger partial charge in [0.05, 0.1) is 24.5 Å². The molecule has 1 amide bonds. The molecule has 1 fully saturated rings. The molecule has 1 aromatic carbocycles. The number of benzene rings is 1. The van der Waals surface area contributed by atoms with Crippen molar-refractivity contribution in [3.63, 3.8) is 0 Å². The minimum absolute atomic E-state index is 0.0411. The molecule has 138 valence electrons. The Hall–Kier alpha value is -2.29. The molecule has 2 aromatic rings. The number of amides is 1. The van der Waals surface area contributed by atoms with Crippen LogP contribution in [0, 0.1) is 5.82 Å². The van der Waals surface area contributed by atoms with Crippen LogP contribution in [0.5, 0.6) is 6.01 Å². The molecule has 0 bridgehead atoms. The number of hydrogen-bond donors (Lipinski definition) is 0. The number of likely N-dealkylation sites (tertiary alicyclic amines) is 1. The fraction of sp³-hybridized carbons (Fsp3) is 0.353. The largest absolute Gasteiger partial charge is 0.458 e. The summed E-state index contributed by atoms with van der Waals surface area (Å²) >= 11 is 0.355. The van der Waals surface area contributed by atoms with Crippen LogP contribution in [0.15, 0.2) is 41.6 Å². The number of rotatable bonds is 5. The van der Waals surface area contributed by atoms with Gasteiger partial charge in [0.15, 0.2) is 5.82 Å². The van der Waals surface area contributed by atoms with E-state index in [1.165, 1.54) is 6.07 Å². The highest BCUT2D eigenvalue weighted by Crippen LogP contribution is 2.29. The summed E-state index contributed by atoms with van der Waals surface area (Å²) in [7, 11) is 0. The van der Waals surface area contributed by atoms with E-state index in [2.05, 4.69) is 9.97 Å². The Labute approximate surface area is 152 Å². The normalized spacial score (nSPS) is 17.4. The van der Waals surface area contributed by atoms with Crippen LogP contribution < -0.4 is 4.74 Å². The number of hydrogen-bond acceptors (Lipinski definition) is 5. The van der Waals surface area contributed by atoms with E-state index in [0.717, 1.165) is 12.4 Å². The van der Waals surface area contributed by atoms with Gasteiger partial charge in [-0.05, 0) is 25.0 Å². The Kier molecular flexibility index (Phi) is 5.97. The molecule has 3 rings (SSSR count). The number of nitrogens with zero attached hydrogens (tertiary/aromatic N) is 3. The number of ether oxygens (including phenoxy) is 1. The molecule has 0 spiro atoms. The molecule has 1 saturated heterocycles. The third kappa shape index (κ3) is 4.66. The molecule has 5 nitrogen and oxygen atoms in total.